The van der Waals surface area contributed by atoms with Crippen molar-refractivity contribution in [2.24, 2.45) is 0 Å². The summed E-state index contributed by atoms with van der Waals surface area (Å²) in [5.74, 6) is -3.20. The fourth-order valence-electron chi connectivity index (χ4n) is 8.49. The van der Waals surface area contributed by atoms with Gasteiger partial charge in [0.15, 0.2) is 11.2 Å². The molecule has 0 atom stereocenters. The summed E-state index contributed by atoms with van der Waals surface area (Å²) in [5.41, 5.74) is -0.158. The van der Waals surface area contributed by atoms with Crippen molar-refractivity contribution in [2.45, 2.75) is 49.2 Å². The van der Waals surface area contributed by atoms with Crippen LogP contribution < -0.4 is 14.8 Å². The Labute approximate surface area is 368 Å². The number of aromatic nitrogens is 2. The van der Waals surface area contributed by atoms with Crippen LogP contribution in [0.15, 0.2) is 122 Å². The van der Waals surface area contributed by atoms with Gasteiger partial charge in [-0.2, -0.15) is 26.3 Å². The molecule has 2 fully saturated rings. The van der Waals surface area contributed by atoms with Crippen LogP contribution in [0, 0.1) is 11.6 Å². The van der Waals surface area contributed by atoms with E-state index in [0.29, 0.717) is 44.1 Å². The third-order valence-electron chi connectivity index (χ3n) is 11.6. The van der Waals surface area contributed by atoms with Gasteiger partial charge in [0.1, 0.15) is 23.1 Å². The molecule has 2 N–H and O–H groups in total. The number of para-hydroxylation sites is 4. The first-order valence-electron chi connectivity index (χ1n) is 20.9. The maximum absolute atomic E-state index is 13.6. The Morgan fingerprint density at radius 1 is 0.646 bits per heavy atom. The molecule has 4 aromatic carbocycles. The zero-order chi connectivity index (χ0) is 47.4. The van der Waals surface area contributed by atoms with E-state index in [4.69, 9.17) is 16.0 Å². The fraction of sp³-hybridized carbons (Fsp3) is 0.277. The lowest BCUT2D eigenvalue weighted by atomic mass is 9.86. The zero-order valence-corrected chi connectivity index (χ0v) is 34.2. The third kappa shape index (κ3) is 9.30. The molecule has 6 heterocycles. The van der Waals surface area contributed by atoms with Crippen molar-refractivity contribution in [3.05, 3.63) is 167 Å². The number of benzene rings is 4. The summed E-state index contributed by atoms with van der Waals surface area (Å²) in [7, 11) is -1.00. The lowest BCUT2D eigenvalue weighted by Crippen LogP contribution is -2.50. The van der Waals surface area contributed by atoms with E-state index in [1.54, 1.807) is 0 Å². The minimum atomic E-state index is -4.88. The SMILES string of the molecule is O=C(O)c1ccc(F)c(C(F)(F)F)c1.O=C(c1ccc(F)c(C(F)(F)F)c1)N1CCC2(CC1)Oc1ccccc1-n1cccc12.[2H]CF.c1ccc2c(c1)OC1(CCNCC1)c1cccn1-2. The molecule has 2 aromatic heterocycles. The number of rotatable bonds is 2. The second-order valence-corrected chi connectivity index (χ2v) is 15.4. The first-order valence-corrected chi connectivity index (χ1v) is 20.2. The predicted molar refractivity (Wildman–Crippen MR) is 220 cm³/mol. The highest BCUT2D eigenvalue weighted by molar-refractivity contribution is 5.94. The van der Waals surface area contributed by atoms with Crippen molar-refractivity contribution in [3.8, 4) is 22.9 Å². The first kappa shape index (κ1) is 44.9. The number of carbonyl (C=O) groups excluding carboxylic acids is 1. The number of hydrogen-bond acceptors (Lipinski definition) is 5. The number of carbonyl (C=O) groups is 2. The summed E-state index contributed by atoms with van der Waals surface area (Å²) in [4.78, 5) is 24.6. The number of aromatic carboxylic acids is 1. The Kier molecular flexibility index (Phi) is 12.7. The van der Waals surface area contributed by atoms with Crippen LogP contribution in [0.1, 0.15) is 70.3 Å². The van der Waals surface area contributed by atoms with Crippen molar-refractivity contribution in [2.75, 3.05) is 33.3 Å². The number of carboxylic acids is 1. The van der Waals surface area contributed by atoms with E-state index in [1.165, 1.54) is 10.6 Å². The summed E-state index contributed by atoms with van der Waals surface area (Å²) < 4.78 is 134. The van der Waals surface area contributed by atoms with Gasteiger partial charge in [0, 0.05) is 56.7 Å². The molecule has 1 amide bonds. The van der Waals surface area contributed by atoms with Gasteiger partial charge in [-0.05, 0) is 98.0 Å². The highest BCUT2D eigenvalue weighted by atomic mass is 19.4. The molecule has 10 rings (SSSR count). The van der Waals surface area contributed by atoms with Crippen LogP contribution in [0.2, 0.25) is 0 Å². The Bertz CT molecular complexity index is 2690. The molecule has 0 saturated carbocycles. The molecule has 2 saturated heterocycles. The minimum absolute atomic E-state index is 0.136. The minimum Gasteiger partial charge on any atom is -0.479 e. The van der Waals surface area contributed by atoms with Crippen LogP contribution in [0.25, 0.3) is 11.4 Å². The van der Waals surface area contributed by atoms with Crippen LogP contribution in [0.5, 0.6) is 11.5 Å². The number of amides is 1. The summed E-state index contributed by atoms with van der Waals surface area (Å²) in [6, 6.07) is 28.1. The van der Waals surface area contributed by atoms with Crippen molar-refractivity contribution >= 4 is 11.9 Å². The van der Waals surface area contributed by atoms with Gasteiger partial charge in [-0.25, -0.2) is 13.6 Å². The van der Waals surface area contributed by atoms with Crippen LogP contribution in [0.4, 0.5) is 39.5 Å². The number of piperidine rings is 2. The van der Waals surface area contributed by atoms with Gasteiger partial charge in [0.2, 0.25) is 0 Å². The topological polar surface area (TPSA) is 98.0 Å². The Balaban J connectivity index is 0.000000156. The number of alkyl halides is 7. The van der Waals surface area contributed by atoms with E-state index >= 15 is 0 Å². The molecule has 9 nitrogen and oxygen atoms in total. The predicted octanol–water partition coefficient (Wildman–Crippen LogP) is 10.7. The Morgan fingerprint density at radius 3 is 1.54 bits per heavy atom. The van der Waals surface area contributed by atoms with E-state index in [-0.39, 0.29) is 17.2 Å². The molecule has 0 unspecified atom stereocenters. The molecule has 2 spiro atoms. The Morgan fingerprint density at radius 2 is 1.08 bits per heavy atom. The number of fused-ring (bicyclic) bond motifs is 8. The highest BCUT2D eigenvalue weighted by Gasteiger charge is 2.45. The monoisotopic (exact) mass is 913 g/mol. The van der Waals surface area contributed by atoms with Crippen molar-refractivity contribution < 1.29 is 65.1 Å². The zero-order valence-electron chi connectivity index (χ0n) is 35.2. The molecule has 0 bridgehead atoms. The molecule has 65 heavy (non-hydrogen) atoms. The molecular weight excluding hydrogens is 872 g/mol. The van der Waals surface area contributed by atoms with Crippen LogP contribution in [0.3, 0.4) is 0 Å². The van der Waals surface area contributed by atoms with Gasteiger partial charge < -0.3 is 33.9 Å². The second-order valence-electron chi connectivity index (χ2n) is 15.4. The summed E-state index contributed by atoms with van der Waals surface area (Å²) >= 11 is 0. The van der Waals surface area contributed by atoms with E-state index < -0.39 is 65.3 Å². The maximum atomic E-state index is 13.6. The van der Waals surface area contributed by atoms with E-state index in [0.717, 1.165) is 66.6 Å². The molecule has 0 aliphatic carbocycles. The molecule has 342 valence electrons. The fourth-order valence-corrected chi connectivity index (χ4v) is 8.49. The average molecular weight is 914 g/mol. The van der Waals surface area contributed by atoms with Crippen LogP contribution in [-0.2, 0) is 23.6 Å². The normalized spacial score (nSPS) is 16.4. The molecule has 4 aliphatic rings. The number of carboxylic acid groups (broad SMARTS) is 1. The number of ether oxygens (including phenoxy) is 2. The maximum Gasteiger partial charge on any atom is 0.419 e. The molecular formula is C47H41F9N4O5. The quantitative estimate of drug-likeness (QED) is 0.168. The van der Waals surface area contributed by atoms with Gasteiger partial charge in [0.25, 0.3) is 5.91 Å². The lowest BCUT2D eigenvalue weighted by molar-refractivity contribution is -0.140. The average Bonchev–Trinajstić information content (AvgIpc) is 4.00. The summed E-state index contributed by atoms with van der Waals surface area (Å²) in [6.07, 6.45) is -2.59. The first-order chi connectivity index (χ1) is 31.4. The van der Waals surface area contributed by atoms with E-state index in [2.05, 4.69) is 51.0 Å². The number of nitrogens with one attached hydrogen (secondary N) is 1. The van der Waals surface area contributed by atoms with Gasteiger partial charge in [-0.3, -0.25) is 9.18 Å². The summed E-state index contributed by atoms with van der Waals surface area (Å²) in [5, 5.41) is 11.8. The van der Waals surface area contributed by atoms with Crippen molar-refractivity contribution in [3.63, 3.8) is 0 Å². The van der Waals surface area contributed by atoms with E-state index in [9.17, 15) is 49.1 Å². The molecule has 4 aliphatic heterocycles. The number of hydrogen-bond donors (Lipinski definition) is 2. The smallest absolute Gasteiger partial charge is 0.419 e. The van der Waals surface area contributed by atoms with Gasteiger partial charge >= 0.3 is 18.3 Å². The van der Waals surface area contributed by atoms with E-state index in [1.807, 2.05) is 48.7 Å². The molecule has 0 radical (unpaired) electrons. The highest BCUT2D eigenvalue weighted by Crippen LogP contribution is 2.46. The van der Waals surface area contributed by atoms with Crippen molar-refractivity contribution in [1.29, 1.82) is 0 Å². The summed E-state index contributed by atoms with van der Waals surface area (Å²) in [6.45, 7) is 2.66. The molecule has 18 heteroatoms. The molecule has 6 aromatic rings. The number of likely N-dealkylation sites (tertiary alicyclic amines) is 1. The van der Waals surface area contributed by atoms with Gasteiger partial charge in [0.05, 0.1) is 48.0 Å². The van der Waals surface area contributed by atoms with Crippen LogP contribution in [-0.4, -0.2) is 64.3 Å². The van der Waals surface area contributed by atoms with Gasteiger partial charge in [-0.15, -0.1) is 0 Å². The largest absolute Gasteiger partial charge is 0.479 e. The Hall–Kier alpha value is -6.69. The van der Waals surface area contributed by atoms with Crippen LogP contribution >= 0.6 is 0 Å². The van der Waals surface area contributed by atoms with Crippen molar-refractivity contribution in [1.82, 2.24) is 19.4 Å². The number of halogens is 9. The second kappa shape index (κ2) is 18.4. The standard InChI is InChI=1S/C23H18F4N2O2.C15H16N2O.C8H4F4O2.CH3F/c24-17-8-7-15(14-16(17)23(25,26)27)21(30)28-12-9-22(10-13-28)20-6-3-11-29(20)18-4-1-2-5-19(18)31-22;1-2-5-13-12(4-1)17-11-3-6-14(17)15(18-13)7-9-16-10-8-15;9-6-2-1-4(7(13)14)3-5(6)8(10,11)12;1-2/h1-8,11,14H,9-10,12-13H2;1-6,11,16H,7-10H2;1-3H,(H,13,14);1H3/i;;;1D. The third-order valence-corrected chi connectivity index (χ3v) is 11.6. The number of nitrogens with zero attached hydrogens (tertiary/aromatic N) is 3. The van der Waals surface area contributed by atoms with Gasteiger partial charge in [-0.1, -0.05) is 24.3 Å². The lowest BCUT2D eigenvalue weighted by Gasteiger charge is -2.45.